The lowest BCUT2D eigenvalue weighted by molar-refractivity contribution is 0.517. The predicted molar refractivity (Wildman–Crippen MR) is 74.7 cm³/mol. The number of rotatable bonds is 4. The summed E-state index contributed by atoms with van der Waals surface area (Å²) in [5.74, 6) is 2.46. The highest BCUT2D eigenvalue weighted by Gasteiger charge is 2.17. The van der Waals surface area contributed by atoms with Gasteiger partial charge in [0.1, 0.15) is 0 Å². The zero-order valence-corrected chi connectivity index (χ0v) is 11.3. The van der Waals surface area contributed by atoms with Crippen molar-refractivity contribution in [1.82, 2.24) is 0 Å². The molecule has 1 radical (unpaired) electrons. The van der Waals surface area contributed by atoms with Crippen molar-refractivity contribution in [3.8, 4) is 0 Å². The normalized spacial score (nSPS) is 25.3. The van der Waals surface area contributed by atoms with Gasteiger partial charge in [-0.25, -0.2) is 0 Å². The minimum absolute atomic E-state index is 0.954. The van der Waals surface area contributed by atoms with E-state index in [4.69, 9.17) is 0 Å². The Hall–Kier alpha value is 0.765. The molecule has 0 atom stereocenters. The fraction of sp³-hybridized carbons (Fsp3) is 1.00. The molecule has 0 aliphatic heterocycles. The van der Waals surface area contributed by atoms with Crippen molar-refractivity contribution in [1.29, 1.82) is 0 Å². The molecular formula is C12H22BS2. The molecule has 0 spiro atoms. The molecule has 0 aromatic carbocycles. The van der Waals surface area contributed by atoms with Crippen LogP contribution in [0.2, 0.25) is 0 Å². The average Bonchev–Trinajstić information content (AvgIpc) is 2.32. The van der Waals surface area contributed by atoms with Gasteiger partial charge in [-0.1, -0.05) is 38.5 Å². The van der Waals surface area contributed by atoms with Gasteiger partial charge >= 0.3 is 0 Å². The van der Waals surface area contributed by atoms with Crippen molar-refractivity contribution in [3.63, 3.8) is 0 Å². The van der Waals surface area contributed by atoms with E-state index in [-0.39, 0.29) is 0 Å². The van der Waals surface area contributed by atoms with Crippen LogP contribution in [0.15, 0.2) is 0 Å². The van der Waals surface area contributed by atoms with Crippen molar-refractivity contribution in [2.45, 2.75) is 74.7 Å². The Kier molecular flexibility index (Phi) is 5.84. The standard InChI is InChI=1S/C12H22BS2/c1-3-7-11(8-4-1)14-13-15-12-9-5-2-6-10-12/h11-12H,1-10H2. The smallest absolute Gasteiger partial charge is 0.199 e. The monoisotopic (exact) mass is 241 g/mol. The third-order valence-corrected chi connectivity index (χ3v) is 6.20. The molecule has 2 fully saturated rings. The summed E-state index contributed by atoms with van der Waals surface area (Å²) in [5.41, 5.74) is 0. The van der Waals surface area contributed by atoms with Crippen LogP contribution < -0.4 is 0 Å². The second kappa shape index (κ2) is 7.16. The SMILES string of the molecule is [B](SC1CCCCC1)SC1CCCCC1. The summed E-state index contributed by atoms with van der Waals surface area (Å²) in [5, 5.41) is 1.91. The molecular weight excluding hydrogens is 219 g/mol. The third-order valence-electron chi connectivity index (χ3n) is 3.60. The molecule has 0 bridgehead atoms. The van der Waals surface area contributed by atoms with E-state index in [0.29, 0.717) is 0 Å². The topological polar surface area (TPSA) is 0 Å². The van der Waals surface area contributed by atoms with Crippen molar-refractivity contribution in [2.24, 2.45) is 0 Å². The fourth-order valence-electron chi connectivity index (χ4n) is 2.59. The molecule has 0 amide bonds. The first-order valence-corrected chi connectivity index (χ1v) is 8.46. The minimum Gasteiger partial charge on any atom is -0.199 e. The van der Waals surface area contributed by atoms with E-state index < -0.39 is 0 Å². The lowest BCUT2D eigenvalue weighted by Crippen LogP contribution is -2.12. The Morgan fingerprint density at radius 2 is 1.00 bits per heavy atom. The summed E-state index contributed by atoms with van der Waals surface area (Å²) in [7, 11) is 0. The van der Waals surface area contributed by atoms with Crippen LogP contribution in [-0.2, 0) is 0 Å². The zero-order valence-electron chi connectivity index (χ0n) is 9.62. The van der Waals surface area contributed by atoms with Crippen LogP contribution in [0, 0.1) is 0 Å². The average molecular weight is 241 g/mol. The van der Waals surface area contributed by atoms with Gasteiger partial charge in [-0.15, -0.1) is 0 Å². The van der Waals surface area contributed by atoms with Gasteiger partial charge in [-0.05, 0) is 36.2 Å². The molecule has 0 saturated heterocycles. The van der Waals surface area contributed by atoms with E-state index in [2.05, 4.69) is 29.1 Å². The van der Waals surface area contributed by atoms with E-state index in [9.17, 15) is 0 Å². The van der Waals surface area contributed by atoms with Gasteiger partial charge in [0.2, 0.25) is 0 Å². The largest absolute Gasteiger partial charge is 0.268 e. The first-order valence-electron chi connectivity index (χ1n) is 6.58. The Morgan fingerprint density at radius 3 is 1.40 bits per heavy atom. The van der Waals surface area contributed by atoms with Crippen LogP contribution in [0.3, 0.4) is 0 Å². The third kappa shape index (κ3) is 4.64. The van der Waals surface area contributed by atoms with E-state index in [1.807, 2.05) is 0 Å². The van der Waals surface area contributed by atoms with E-state index >= 15 is 0 Å². The van der Waals surface area contributed by atoms with Crippen molar-refractivity contribution >= 4 is 29.1 Å². The van der Waals surface area contributed by atoms with Gasteiger partial charge in [0.25, 0.3) is 5.84 Å². The van der Waals surface area contributed by atoms with Crippen molar-refractivity contribution in [2.75, 3.05) is 0 Å². The highest BCUT2D eigenvalue weighted by Crippen LogP contribution is 2.33. The van der Waals surface area contributed by atoms with E-state index in [0.717, 1.165) is 10.5 Å². The Morgan fingerprint density at radius 1 is 0.600 bits per heavy atom. The van der Waals surface area contributed by atoms with Gasteiger partial charge in [-0.3, -0.25) is 0 Å². The van der Waals surface area contributed by atoms with Crippen molar-refractivity contribution in [3.05, 3.63) is 0 Å². The zero-order chi connectivity index (χ0) is 10.3. The molecule has 2 saturated carbocycles. The predicted octanol–water partition coefficient (Wildman–Crippen LogP) is 4.65. The highest BCUT2D eigenvalue weighted by atomic mass is 32.2. The molecule has 85 valence electrons. The van der Waals surface area contributed by atoms with Gasteiger partial charge in [0.05, 0.1) is 0 Å². The van der Waals surface area contributed by atoms with Crippen LogP contribution in [0.5, 0.6) is 0 Å². The summed E-state index contributed by atoms with van der Waals surface area (Å²) >= 11 is 4.26. The van der Waals surface area contributed by atoms with Crippen LogP contribution in [-0.4, -0.2) is 16.3 Å². The Bertz CT molecular complexity index is 145. The highest BCUT2D eigenvalue weighted by molar-refractivity contribution is 8.50. The molecule has 2 aliphatic rings. The lowest BCUT2D eigenvalue weighted by Gasteiger charge is -2.23. The molecule has 0 nitrogen and oxygen atoms in total. The van der Waals surface area contributed by atoms with E-state index in [1.165, 1.54) is 64.2 Å². The molecule has 0 heterocycles. The molecule has 2 rings (SSSR count). The lowest BCUT2D eigenvalue weighted by atomic mass is 10.0. The van der Waals surface area contributed by atoms with E-state index in [1.54, 1.807) is 0 Å². The van der Waals surface area contributed by atoms with Gasteiger partial charge in [0, 0.05) is 0 Å². The maximum atomic E-state index is 2.46. The minimum atomic E-state index is 0.954. The summed E-state index contributed by atoms with van der Waals surface area (Å²) in [6.45, 7) is 0. The van der Waals surface area contributed by atoms with Gasteiger partial charge in [-0.2, -0.15) is 23.2 Å². The first-order chi connectivity index (χ1) is 7.45. The maximum absolute atomic E-state index is 2.46. The van der Waals surface area contributed by atoms with Gasteiger partial charge < -0.3 is 0 Å². The first kappa shape index (κ1) is 12.2. The summed E-state index contributed by atoms with van der Waals surface area (Å²) in [6.07, 6.45) is 14.7. The summed E-state index contributed by atoms with van der Waals surface area (Å²) in [4.78, 5) is 0. The maximum Gasteiger partial charge on any atom is 0.268 e. The van der Waals surface area contributed by atoms with Crippen LogP contribution >= 0.6 is 23.2 Å². The molecule has 15 heavy (non-hydrogen) atoms. The van der Waals surface area contributed by atoms with Crippen molar-refractivity contribution < 1.29 is 0 Å². The van der Waals surface area contributed by atoms with Crippen LogP contribution in [0.25, 0.3) is 0 Å². The second-order valence-electron chi connectivity index (χ2n) is 4.89. The summed E-state index contributed by atoms with van der Waals surface area (Å²) in [6, 6.07) is 0. The molecule has 0 aromatic rings. The quantitative estimate of drug-likeness (QED) is 0.657. The number of hydrogen-bond acceptors (Lipinski definition) is 2. The number of hydrogen-bond donors (Lipinski definition) is 0. The molecule has 0 N–H and O–H groups in total. The molecule has 3 heteroatoms. The molecule has 2 aliphatic carbocycles. The summed E-state index contributed by atoms with van der Waals surface area (Å²) < 4.78 is 0. The second-order valence-corrected chi connectivity index (χ2v) is 7.54. The fourth-order valence-corrected chi connectivity index (χ4v) is 5.32. The van der Waals surface area contributed by atoms with Crippen LogP contribution in [0.1, 0.15) is 64.2 Å². The molecule has 0 unspecified atom stereocenters. The Labute approximate surface area is 104 Å². The Balaban J connectivity index is 1.53. The van der Waals surface area contributed by atoms with Gasteiger partial charge in [0.15, 0.2) is 0 Å². The van der Waals surface area contributed by atoms with Crippen LogP contribution in [0.4, 0.5) is 0 Å². The molecule has 0 aromatic heterocycles.